The Hall–Kier alpha value is -0.460. The van der Waals surface area contributed by atoms with Gasteiger partial charge < -0.3 is 9.47 Å². The van der Waals surface area contributed by atoms with E-state index in [1.807, 2.05) is 30.3 Å². The lowest BCUT2D eigenvalue weighted by atomic mass is 9.99. The van der Waals surface area contributed by atoms with Gasteiger partial charge in [0.05, 0.1) is 19.0 Å². The molecule has 5 heteroatoms. The third kappa shape index (κ3) is 3.66. The van der Waals surface area contributed by atoms with E-state index >= 15 is 0 Å². The Bertz CT molecular complexity index is 661. The smallest absolute Gasteiger partial charge is 0.161 e. The predicted molar refractivity (Wildman–Crippen MR) is 99.2 cm³/mol. The van der Waals surface area contributed by atoms with Gasteiger partial charge in [0.25, 0.3) is 0 Å². The van der Waals surface area contributed by atoms with Crippen LogP contribution in [-0.4, -0.2) is 14.2 Å². The van der Waals surface area contributed by atoms with Gasteiger partial charge in [-0.05, 0) is 76.5 Å². The lowest BCUT2D eigenvalue weighted by molar-refractivity contribution is 0.354. The van der Waals surface area contributed by atoms with Crippen molar-refractivity contribution in [1.82, 2.24) is 0 Å². The number of rotatable bonds is 4. The third-order valence-electron chi connectivity index (χ3n) is 3.28. The van der Waals surface area contributed by atoms with Crippen LogP contribution in [0.3, 0.4) is 0 Å². The predicted octanol–water partition coefficient (Wildman–Crippen LogP) is 5.75. The first-order valence-corrected chi connectivity index (χ1v) is 8.66. The molecule has 0 amide bonds. The first kappa shape index (κ1) is 16.9. The number of methoxy groups -OCH3 is 2. The van der Waals surface area contributed by atoms with Crippen LogP contribution in [0, 0.1) is 10.5 Å². The third-order valence-corrected chi connectivity index (χ3v) is 5.48. The average Bonchev–Trinajstić information content (AvgIpc) is 2.48. The molecule has 0 aliphatic heterocycles. The Morgan fingerprint density at radius 2 is 1.67 bits per heavy atom. The molecule has 1 atom stereocenters. The maximum Gasteiger partial charge on any atom is 0.161 e. The van der Waals surface area contributed by atoms with Crippen LogP contribution in [0.4, 0.5) is 0 Å². The quantitative estimate of drug-likeness (QED) is 0.409. The number of hydrogen-bond donors (Lipinski definition) is 0. The van der Waals surface area contributed by atoms with Crippen LogP contribution in [0.5, 0.6) is 11.5 Å². The monoisotopic (exact) mass is 480 g/mol. The largest absolute Gasteiger partial charge is 0.493 e. The van der Waals surface area contributed by atoms with Gasteiger partial charge in [0, 0.05) is 8.59 Å². The number of hydrogen-bond acceptors (Lipinski definition) is 2. The Morgan fingerprint density at radius 1 is 1.05 bits per heavy atom. The molecule has 0 N–H and O–H groups in total. The fourth-order valence-electron chi connectivity index (χ4n) is 2.15. The molecule has 21 heavy (non-hydrogen) atoms. The van der Waals surface area contributed by atoms with Crippen molar-refractivity contribution in [3.05, 3.63) is 55.6 Å². The van der Waals surface area contributed by atoms with Crippen molar-refractivity contribution in [1.29, 1.82) is 0 Å². The summed E-state index contributed by atoms with van der Waals surface area (Å²) >= 11 is 12.2. The van der Waals surface area contributed by atoms with Gasteiger partial charge in [0.15, 0.2) is 11.5 Å². The molecule has 0 heterocycles. The molecule has 2 aromatic carbocycles. The first-order chi connectivity index (χ1) is 9.97. The minimum atomic E-state index is 0.0444. The molecule has 0 saturated carbocycles. The molecule has 0 aliphatic carbocycles. The normalized spacial score (nSPS) is 12.1. The standard InChI is InChI=1S/C16H15BrClIO2/c1-9-6-14(20-2)15(21-3)8-11(9)16(17)12-7-10(18)4-5-13(12)19/h4-8,16H,1-3H3. The number of aryl methyl sites for hydroxylation is 1. The first-order valence-electron chi connectivity index (χ1n) is 6.29. The number of benzene rings is 2. The Labute approximate surface area is 152 Å². The number of halogens is 3. The second-order valence-electron chi connectivity index (χ2n) is 4.59. The van der Waals surface area contributed by atoms with Crippen LogP contribution in [0.15, 0.2) is 30.3 Å². The summed E-state index contributed by atoms with van der Waals surface area (Å²) in [5.41, 5.74) is 3.40. The average molecular weight is 482 g/mol. The van der Waals surface area contributed by atoms with E-state index in [0.29, 0.717) is 0 Å². The van der Waals surface area contributed by atoms with E-state index in [-0.39, 0.29) is 4.83 Å². The lowest BCUT2D eigenvalue weighted by Crippen LogP contribution is -2.01. The summed E-state index contributed by atoms with van der Waals surface area (Å²) < 4.78 is 11.9. The second kappa shape index (κ2) is 7.20. The van der Waals surface area contributed by atoms with Crippen LogP contribution < -0.4 is 9.47 Å². The molecule has 2 nitrogen and oxygen atoms in total. The molecule has 1 unspecified atom stereocenters. The number of alkyl halides is 1. The van der Waals surface area contributed by atoms with E-state index in [9.17, 15) is 0 Å². The summed E-state index contributed by atoms with van der Waals surface area (Å²) in [6.07, 6.45) is 0. The summed E-state index contributed by atoms with van der Waals surface area (Å²) in [6, 6.07) is 9.89. The Kier molecular flexibility index (Phi) is 5.80. The minimum absolute atomic E-state index is 0.0444. The van der Waals surface area contributed by atoms with E-state index in [4.69, 9.17) is 21.1 Å². The van der Waals surface area contributed by atoms with Crippen LogP contribution in [0.2, 0.25) is 5.02 Å². The van der Waals surface area contributed by atoms with Gasteiger partial charge in [-0.2, -0.15) is 0 Å². The summed E-state index contributed by atoms with van der Waals surface area (Å²) in [5, 5.41) is 0.730. The van der Waals surface area contributed by atoms with Crippen molar-refractivity contribution < 1.29 is 9.47 Å². The van der Waals surface area contributed by atoms with E-state index in [2.05, 4.69) is 45.4 Å². The highest BCUT2D eigenvalue weighted by Gasteiger charge is 2.19. The van der Waals surface area contributed by atoms with E-state index < -0.39 is 0 Å². The zero-order valence-corrected chi connectivity index (χ0v) is 16.4. The highest BCUT2D eigenvalue weighted by Crippen LogP contribution is 2.40. The maximum atomic E-state index is 6.13. The van der Waals surface area contributed by atoms with Gasteiger partial charge in [-0.25, -0.2) is 0 Å². The van der Waals surface area contributed by atoms with Gasteiger partial charge in [0.2, 0.25) is 0 Å². The molecule has 2 rings (SSSR count). The SMILES string of the molecule is COc1cc(C)c(C(Br)c2cc(Cl)ccc2I)cc1OC. The Balaban J connectivity index is 2.52. The molecule has 0 bridgehead atoms. The molecule has 0 fully saturated rings. The molecular weight excluding hydrogens is 466 g/mol. The van der Waals surface area contributed by atoms with Crippen molar-refractivity contribution in [3.63, 3.8) is 0 Å². The van der Waals surface area contributed by atoms with Crippen molar-refractivity contribution in [2.45, 2.75) is 11.8 Å². The van der Waals surface area contributed by atoms with Crippen molar-refractivity contribution >= 4 is 50.1 Å². The van der Waals surface area contributed by atoms with E-state index in [0.717, 1.165) is 36.8 Å². The zero-order valence-electron chi connectivity index (χ0n) is 11.9. The van der Waals surface area contributed by atoms with Gasteiger partial charge >= 0.3 is 0 Å². The Morgan fingerprint density at radius 3 is 2.29 bits per heavy atom. The fraction of sp³-hybridized carbons (Fsp3) is 0.250. The van der Waals surface area contributed by atoms with Crippen LogP contribution in [-0.2, 0) is 0 Å². The van der Waals surface area contributed by atoms with Crippen LogP contribution in [0.25, 0.3) is 0 Å². The van der Waals surface area contributed by atoms with Gasteiger partial charge in [-0.1, -0.05) is 27.5 Å². The highest BCUT2D eigenvalue weighted by atomic mass is 127. The van der Waals surface area contributed by atoms with Gasteiger partial charge in [0.1, 0.15) is 0 Å². The molecule has 0 spiro atoms. The number of ether oxygens (including phenoxy) is 2. The molecule has 0 aliphatic rings. The maximum absolute atomic E-state index is 6.13. The topological polar surface area (TPSA) is 18.5 Å². The van der Waals surface area contributed by atoms with Crippen LogP contribution in [0.1, 0.15) is 21.5 Å². The molecule has 0 aromatic heterocycles. The molecule has 2 aromatic rings. The van der Waals surface area contributed by atoms with Gasteiger partial charge in [-0.15, -0.1) is 0 Å². The summed E-state index contributed by atoms with van der Waals surface area (Å²) in [4.78, 5) is 0.0444. The van der Waals surface area contributed by atoms with Crippen molar-refractivity contribution in [2.24, 2.45) is 0 Å². The van der Waals surface area contributed by atoms with Gasteiger partial charge in [-0.3, -0.25) is 0 Å². The van der Waals surface area contributed by atoms with E-state index in [1.54, 1.807) is 14.2 Å². The summed E-state index contributed by atoms with van der Waals surface area (Å²) in [7, 11) is 3.28. The second-order valence-corrected chi connectivity index (χ2v) is 7.11. The summed E-state index contributed by atoms with van der Waals surface area (Å²) in [5.74, 6) is 1.46. The molecule has 112 valence electrons. The van der Waals surface area contributed by atoms with Crippen molar-refractivity contribution in [3.8, 4) is 11.5 Å². The molecular formula is C16H15BrClIO2. The van der Waals surface area contributed by atoms with Crippen LogP contribution >= 0.6 is 50.1 Å². The summed E-state index contributed by atoms with van der Waals surface area (Å²) in [6.45, 7) is 2.06. The fourth-order valence-corrected chi connectivity index (χ4v) is 4.27. The zero-order chi connectivity index (χ0) is 15.6. The molecule has 0 radical (unpaired) electrons. The molecule has 0 saturated heterocycles. The minimum Gasteiger partial charge on any atom is -0.493 e. The van der Waals surface area contributed by atoms with Crippen molar-refractivity contribution in [2.75, 3.05) is 14.2 Å². The van der Waals surface area contributed by atoms with E-state index in [1.165, 1.54) is 0 Å². The highest BCUT2D eigenvalue weighted by molar-refractivity contribution is 14.1. The lowest BCUT2D eigenvalue weighted by Gasteiger charge is -2.18.